The average molecular weight is 291 g/mol. The highest BCUT2D eigenvalue weighted by Gasteiger charge is 2.33. The summed E-state index contributed by atoms with van der Waals surface area (Å²) >= 11 is 6.65. The Hall–Kier alpha value is -1.13. The van der Waals surface area contributed by atoms with Crippen LogP contribution in [0.15, 0.2) is 23.1 Å². The molecule has 0 bridgehead atoms. The van der Waals surface area contributed by atoms with Gasteiger partial charge in [-0.1, -0.05) is 47.7 Å². The first kappa shape index (κ1) is 14.3. The summed E-state index contributed by atoms with van der Waals surface area (Å²) in [5.41, 5.74) is 3.48. The molecule has 19 heavy (non-hydrogen) atoms. The van der Waals surface area contributed by atoms with Crippen molar-refractivity contribution in [1.82, 2.24) is 4.90 Å². The molecule has 0 aromatic heterocycles. The van der Waals surface area contributed by atoms with Crippen molar-refractivity contribution >= 4 is 40.3 Å². The van der Waals surface area contributed by atoms with Crippen molar-refractivity contribution < 1.29 is 4.79 Å². The fourth-order valence-corrected chi connectivity index (χ4v) is 3.57. The molecule has 1 heterocycles. The van der Waals surface area contributed by atoms with E-state index in [0.29, 0.717) is 9.23 Å². The van der Waals surface area contributed by atoms with Crippen LogP contribution >= 0.6 is 24.0 Å². The van der Waals surface area contributed by atoms with Gasteiger partial charge in [0, 0.05) is 6.04 Å². The van der Waals surface area contributed by atoms with Crippen LogP contribution in [0.1, 0.15) is 30.5 Å². The van der Waals surface area contributed by atoms with Gasteiger partial charge in [-0.3, -0.25) is 9.69 Å². The summed E-state index contributed by atoms with van der Waals surface area (Å²) in [6.07, 6.45) is 1.94. The molecule has 1 fully saturated rings. The lowest BCUT2D eigenvalue weighted by Crippen LogP contribution is -2.34. The van der Waals surface area contributed by atoms with Crippen LogP contribution in [-0.4, -0.2) is 21.2 Å². The standard InChI is InChI=1S/C15H17NOS2/c1-9(2)16-14(17)13(19-15(16)18)8-12-6-5-10(3)7-11(12)4/h5-9H,1-4H3/b13-8-. The maximum atomic E-state index is 12.3. The summed E-state index contributed by atoms with van der Waals surface area (Å²) in [7, 11) is 0. The number of hydrogen-bond acceptors (Lipinski definition) is 3. The zero-order valence-corrected chi connectivity index (χ0v) is 13.2. The lowest BCUT2D eigenvalue weighted by Gasteiger charge is -2.18. The number of thiocarbonyl (C=S) groups is 1. The van der Waals surface area contributed by atoms with Gasteiger partial charge in [-0.25, -0.2) is 0 Å². The van der Waals surface area contributed by atoms with Crippen molar-refractivity contribution in [3.05, 3.63) is 39.8 Å². The van der Waals surface area contributed by atoms with E-state index in [1.165, 1.54) is 22.9 Å². The monoisotopic (exact) mass is 291 g/mol. The second-order valence-electron chi connectivity index (χ2n) is 5.01. The molecule has 0 radical (unpaired) electrons. The molecule has 0 unspecified atom stereocenters. The van der Waals surface area contributed by atoms with E-state index in [9.17, 15) is 4.79 Å². The van der Waals surface area contributed by atoms with Crippen molar-refractivity contribution in [2.75, 3.05) is 0 Å². The predicted octanol–water partition coefficient (Wildman–Crippen LogP) is 3.91. The number of hydrogen-bond donors (Lipinski definition) is 0. The minimum absolute atomic E-state index is 0.0185. The first-order chi connectivity index (χ1) is 8.90. The summed E-state index contributed by atoms with van der Waals surface area (Å²) < 4.78 is 0.649. The summed E-state index contributed by atoms with van der Waals surface area (Å²) in [4.78, 5) is 14.7. The molecule has 0 saturated carbocycles. The lowest BCUT2D eigenvalue weighted by atomic mass is 10.1. The second kappa shape index (κ2) is 5.47. The number of aryl methyl sites for hydroxylation is 2. The topological polar surface area (TPSA) is 20.3 Å². The fourth-order valence-electron chi connectivity index (χ4n) is 2.05. The van der Waals surface area contributed by atoms with Crippen LogP contribution in [0.2, 0.25) is 0 Å². The third-order valence-electron chi connectivity index (χ3n) is 3.05. The van der Waals surface area contributed by atoms with Gasteiger partial charge in [0.15, 0.2) is 0 Å². The van der Waals surface area contributed by atoms with E-state index in [4.69, 9.17) is 12.2 Å². The molecule has 0 N–H and O–H groups in total. The number of thioether (sulfide) groups is 1. The molecule has 1 aliphatic heterocycles. The molecule has 1 aromatic rings. The van der Waals surface area contributed by atoms with Gasteiger partial charge in [0.05, 0.1) is 4.91 Å². The number of rotatable bonds is 2. The van der Waals surface area contributed by atoms with Crippen LogP contribution in [0, 0.1) is 13.8 Å². The summed E-state index contributed by atoms with van der Waals surface area (Å²) in [5.74, 6) is 0.0185. The largest absolute Gasteiger partial charge is 0.290 e. The highest BCUT2D eigenvalue weighted by atomic mass is 32.2. The molecule has 1 saturated heterocycles. The summed E-state index contributed by atoms with van der Waals surface area (Å²) in [5, 5.41) is 0. The van der Waals surface area contributed by atoms with Gasteiger partial charge < -0.3 is 0 Å². The number of carbonyl (C=O) groups excluding carboxylic acids is 1. The van der Waals surface area contributed by atoms with Gasteiger partial charge in [0.2, 0.25) is 0 Å². The Morgan fingerprint density at radius 2 is 2.00 bits per heavy atom. The van der Waals surface area contributed by atoms with Gasteiger partial charge in [-0.05, 0) is 44.9 Å². The lowest BCUT2D eigenvalue weighted by molar-refractivity contribution is -0.123. The first-order valence-corrected chi connectivity index (χ1v) is 7.47. The molecule has 100 valence electrons. The van der Waals surface area contributed by atoms with E-state index in [1.54, 1.807) is 4.90 Å². The van der Waals surface area contributed by atoms with E-state index in [0.717, 1.165) is 5.56 Å². The van der Waals surface area contributed by atoms with Crippen LogP contribution in [-0.2, 0) is 4.79 Å². The first-order valence-electron chi connectivity index (χ1n) is 6.24. The van der Waals surface area contributed by atoms with Crippen LogP contribution in [0.4, 0.5) is 0 Å². The maximum Gasteiger partial charge on any atom is 0.266 e. The van der Waals surface area contributed by atoms with Crippen molar-refractivity contribution in [2.24, 2.45) is 0 Å². The van der Waals surface area contributed by atoms with Crippen LogP contribution < -0.4 is 0 Å². The van der Waals surface area contributed by atoms with Gasteiger partial charge in [-0.15, -0.1) is 0 Å². The Bertz CT molecular complexity index is 576. The molecule has 0 aliphatic carbocycles. The summed E-state index contributed by atoms with van der Waals surface area (Å²) in [6.45, 7) is 8.08. The van der Waals surface area contributed by atoms with Gasteiger partial charge >= 0.3 is 0 Å². The van der Waals surface area contributed by atoms with E-state index < -0.39 is 0 Å². The molecular weight excluding hydrogens is 274 g/mol. The molecule has 0 atom stereocenters. The zero-order valence-electron chi connectivity index (χ0n) is 11.6. The predicted molar refractivity (Wildman–Crippen MR) is 86.1 cm³/mol. The minimum atomic E-state index is 0.0185. The molecule has 1 aromatic carbocycles. The van der Waals surface area contributed by atoms with Crippen LogP contribution in [0.3, 0.4) is 0 Å². The number of carbonyl (C=O) groups is 1. The van der Waals surface area contributed by atoms with Crippen molar-refractivity contribution in [2.45, 2.75) is 33.7 Å². The number of amides is 1. The van der Waals surface area contributed by atoms with E-state index in [1.807, 2.05) is 26.0 Å². The highest BCUT2D eigenvalue weighted by molar-refractivity contribution is 8.26. The molecule has 1 amide bonds. The van der Waals surface area contributed by atoms with Gasteiger partial charge in [0.1, 0.15) is 4.32 Å². The normalized spacial score (nSPS) is 17.9. The van der Waals surface area contributed by atoms with Crippen molar-refractivity contribution in [3.63, 3.8) is 0 Å². The van der Waals surface area contributed by atoms with E-state index in [2.05, 4.69) is 26.0 Å². The molecule has 2 rings (SSSR count). The van der Waals surface area contributed by atoms with E-state index >= 15 is 0 Å². The van der Waals surface area contributed by atoms with E-state index in [-0.39, 0.29) is 11.9 Å². The smallest absolute Gasteiger partial charge is 0.266 e. The number of nitrogens with zero attached hydrogens (tertiary/aromatic N) is 1. The zero-order chi connectivity index (χ0) is 14.2. The molecule has 0 spiro atoms. The Balaban J connectivity index is 2.35. The minimum Gasteiger partial charge on any atom is -0.290 e. The molecular formula is C15H17NOS2. The second-order valence-corrected chi connectivity index (χ2v) is 6.68. The highest BCUT2D eigenvalue weighted by Crippen LogP contribution is 2.34. The Kier molecular flexibility index (Phi) is 4.11. The molecule has 2 nitrogen and oxygen atoms in total. The third kappa shape index (κ3) is 2.90. The van der Waals surface area contributed by atoms with Crippen molar-refractivity contribution in [1.29, 1.82) is 0 Å². The fraction of sp³-hybridized carbons (Fsp3) is 0.333. The maximum absolute atomic E-state index is 12.3. The Morgan fingerprint density at radius 3 is 2.53 bits per heavy atom. The molecule has 4 heteroatoms. The van der Waals surface area contributed by atoms with Crippen molar-refractivity contribution in [3.8, 4) is 0 Å². The van der Waals surface area contributed by atoms with Crippen LogP contribution in [0.5, 0.6) is 0 Å². The average Bonchev–Trinajstić information content (AvgIpc) is 2.58. The van der Waals surface area contributed by atoms with Crippen LogP contribution in [0.25, 0.3) is 6.08 Å². The SMILES string of the molecule is Cc1ccc(/C=C2\SC(=S)N(C(C)C)C2=O)c(C)c1. The summed E-state index contributed by atoms with van der Waals surface area (Å²) in [6, 6.07) is 6.33. The number of benzene rings is 1. The van der Waals surface area contributed by atoms with Gasteiger partial charge in [0.25, 0.3) is 5.91 Å². The van der Waals surface area contributed by atoms with Gasteiger partial charge in [-0.2, -0.15) is 0 Å². The Labute approximate surface area is 123 Å². The quantitative estimate of drug-likeness (QED) is 0.608. The third-order valence-corrected chi connectivity index (χ3v) is 4.38. The Morgan fingerprint density at radius 1 is 1.32 bits per heavy atom. The molecule has 1 aliphatic rings.